The van der Waals surface area contributed by atoms with Crippen LogP contribution in [-0.4, -0.2) is 32.9 Å². The van der Waals surface area contributed by atoms with Gasteiger partial charge in [0.15, 0.2) is 11.5 Å². The van der Waals surface area contributed by atoms with E-state index in [0.29, 0.717) is 17.0 Å². The van der Waals surface area contributed by atoms with Crippen molar-refractivity contribution in [2.45, 2.75) is 13.8 Å². The van der Waals surface area contributed by atoms with Gasteiger partial charge in [-0.25, -0.2) is 4.79 Å². The summed E-state index contributed by atoms with van der Waals surface area (Å²) in [6.45, 7) is 4.00. The first-order valence-electron chi connectivity index (χ1n) is 7.10. The maximum atomic E-state index is 11.7. The zero-order valence-electron chi connectivity index (χ0n) is 13.1. The summed E-state index contributed by atoms with van der Waals surface area (Å²) in [5, 5.41) is 12.3. The summed E-state index contributed by atoms with van der Waals surface area (Å²) in [4.78, 5) is 11.7. The molecule has 3 N–H and O–H groups in total. The molecular weight excluding hydrogens is 296 g/mol. The molecule has 0 saturated heterocycles. The van der Waals surface area contributed by atoms with Gasteiger partial charge >= 0.3 is 5.97 Å². The Bertz CT molecular complexity index is 797. The lowest BCUT2D eigenvalue weighted by Gasteiger charge is -2.03. The number of esters is 1. The van der Waals surface area contributed by atoms with Crippen LogP contribution in [0.3, 0.4) is 0 Å². The van der Waals surface area contributed by atoms with Gasteiger partial charge in [-0.1, -0.05) is 13.8 Å². The molecule has 0 saturated carbocycles. The highest BCUT2D eigenvalue weighted by Gasteiger charge is 2.17. The topological polar surface area (TPSA) is 107 Å². The third-order valence-electron chi connectivity index (χ3n) is 3.02. The molecule has 0 amide bonds. The standard InChI is InChI=1S/C13H12N6O2.C2H6/c1-21-13(20)10-6-7-15-19-11(17-18-12(10)19)8-2-4-9(16-14)5-3-8;1-2/h2-7,16H,14H2,1H3;1-2H3. The molecule has 23 heavy (non-hydrogen) atoms. The minimum atomic E-state index is -0.482. The highest BCUT2D eigenvalue weighted by atomic mass is 16.5. The van der Waals surface area contributed by atoms with Gasteiger partial charge in [0.25, 0.3) is 0 Å². The van der Waals surface area contributed by atoms with Crippen LogP contribution < -0.4 is 11.3 Å². The van der Waals surface area contributed by atoms with E-state index in [1.54, 1.807) is 18.2 Å². The molecule has 1 aromatic carbocycles. The third-order valence-corrected chi connectivity index (χ3v) is 3.02. The monoisotopic (exact) mass is 314 g/mol. The number of nitrogen functional groups attached to an aromatic ring is 1. The maximum Gasteiger partial charge on any atom is 0.341 e. The smallest absolute Gasteiger partial charge is 0.341 e. The summed E-state index contributed by atoms with van der Waals surface area (Å²) < 4.78 is 6.22. The van der Waals surface area contributed by atoms with Crippen molar-refractivity contribution in [3.05, 3.63) is 42.1 Å². The molecule has 0 aliphatic carbocycles. The fourth-order valence-corrected chi connectivity index (χ4v) is 1.97. The second-order valence-corrected chi connectivity index (χ2v) is 4.22. The third kappa shape index (κ3) is 3.11. The summed E-state index contributed by atoms with van der Waals surface area (Å²) in [6.07, 6.45) is 1.50. The number of carbonyl (C=O) groups is 1. The van der Waals surface area contributed by atoms with Gasteiger partial charge in [-0.2, -0.15) is 9.61 Å². The van der Waals surface area contributed by atoms with Gasteiger partial charge in [-0.15, -0.1) is 10.2 Å². The molecule has 3 rings (SSSR count). The number of methoxy groups -OCH3 is 1. The van der Waals surface area contributed by atoms with Crippen LogP contribution in [0.25, 0.3) is 17.0 Å². The Balaban J connectivity index is 0.000000924. The van der Waals surface area contributed by atoms with Gasteiger partial charge in [0, 0.05) is 17.4 Å². The highest BCUT2D eigenvalue weighted by molar-refractivity contribution is 5.95. The van der Waals surface area contributed by atoms with Crippen LogP contribution in [-0.2, 0) is 4.74 Å². The first-order valence-corrected chi connectivity index (χ1v) is 7.10. The Labute approximate surface area is 133 Å². The molecule has 8 nitrogen and oxygen atoms in total. The number of hydrogen-bond donors (Lipinski definition) is 2. The summed E-state index contributed by atoms with van der Waals surface area (Å²) >= 11 is 0. The number of nitrogens with one attached hydrogen (secondary N) is 1. The van der Waals surface area contributed by atoms with Crippen LogP contribution in [0.1, 0.15) is 24.2 Å². The Morgan fingerprint density at radius 1 is 1.17 bits per heavy atom. The maximum absolute atomic E-state index is 11.7. The van der Waals surface area contributed by atoms with Gasteiger partial charge < -0.3 is 10.2 Å². The number of rotatable bonds is 3. The van der Waals surface area contributed by atoms with Crippen molar-refractivity contribution < 1.29 is 9.53 Å². The average molecular weight is 314 g/mol. The molecule has 0 spiro atoms. The number of nitrogens with zero attached hydrogens (tertiary/aromatic N) is 4. The lowest BCUT2D eigenvalue weighted by Crippen LogP contribution is -2.06. The van der Waals surface area contributed by atoms with Crippen molar-refractivity contribution >= 4 is 17.3 Å². The van der Waals surface area contributed by atoms with Crippen molar-refractivity contribution in [3.63, 3.8) is 0 Å². The first kappa shape index (κ1) is 16.4. The number of nitrogens with two attached hydrogens (primary N) is 1. The lowest BCUT2D eigenvalue weighted by atomic mass is 10.2. The number of hydrazine groups is 1. The van der Waals surface area contributed by atoms with Crippen LogP contribution in [0, 0.1) is 0 Å². The zero-order valence-corrected chi connectivity index (χ0v) is 13.1. The molecule has 0 aliphatic heterocycles. The number of fused-ring (bicyclic) bond motifs is 1. The Morgan fingerprint density at radius 3 is 2.48 bits per heavy atom. The predicted molar refractivity (Wildman–Crippen MR) is 86.7 cm³/mol. The number of carbonyl (C=O) groups excluding carboxylic acids is 1. The van der Waals surface area contributed by atoms with E-state index in [-0.39, 0.29) is 0 Å². The molecule has 0 radical (unpaired) electrons. The van der Waals surface area contributed by atoms with Gasteiger partial charge in [0.2, 0.25) is 0 Å². The molecule has 0 fully saturated rings. The molecular formula is C15H18N6O2. The number of aromatic nitrogens is 4. The quantitative estimate of drug-likeness (QED) is 0.432. The number of ether oxygens (including phenoxy) is 1. The zero-order chi connectivity index (χ0) is 16.8. The molecule has 0 unspecified atom stereocenters. The predicted octanol–water partition coefficient (Wildman–Crippen LogP) is 1.89. The molecule has 8 heteroatoms. The molecule has 0 atom stereocenters. The minimum absolute atomic E-state index is 0.312. The molecule has 3 aromatic rings. The van der Waals surface area contributed by atoms with Crippen LogP contribution in [0.15, 0.2) is 36.5 Å². The van der Waals surface area contributed by atoms with Crippen LogP contribution >= 0.6 is 0 Å². The summed E-state index contributed by atoms with van der Waals surface area (Å²) in [5.74, 6) is 5.38. The fraction of sp³-hybridized carbons (Fsp3) is 0.200. The molecule has 0 bridgehead atoms. The van der Waals surface area contributed by atoms with E-state index < -0.39 is 5.97 Å². The SMILES string of the molecule is CC.COC(=O)c1ccnn2c(-c3ccc(NN)cc3)nnc12. The first-order chi connectivity index (χ1) is 11.2. The van der Waals surface area contributed by atoms with E-state index in [4.69, 9.17) is 10.6 Å². The highest BCUT2D eigenvalue weighted by Crippen LogP contribution is 2.20. The molecule has 0 aliphatic rings. The van der Waals surface area contributed by atoms with Crippen LogP contribution in [0.4, 0.5) is 5.69 Å². The van der Waals surface area contributed by atoms with E-state index in [0.717, 1.165) is 11.3 Å². The van der Waals surface area contributed by atoms with Crippen molar-refractivity contribution in [1.29, 1.82) is 0 Å². The van der Waals surface area contributed by atoms with E-state index in [9.17, 15) is 4.79 Å². The van der Waals surface area contributed by atoms with Crippen molar-refractivity contribution in [3.8, 4) is 11.4 Å². The van der Waals surface area contributed by atoms with Gasteiger partial charge in [0.05, 0.1) is 7.11 Å². The Hall–Kier alpha value is -3.00. The fourth-order valence-electron chi connectivity index (χ4n) is 1.97. The summed E-state index contributed by atoms with van der Waals surface area (Å²) in [5.41, 5.74) is 4.78. The molecule has 2 aromatic heterocycles. The van der Waals surface area contributed by atoms with Crippen molar-refractivity contribution in [2.75, 3.05) is 12.5 Å². The van der Waals surface area contributed by atoms with E-state index >= 15 is 0 Å². The lowest BCUT2D eigenvalue weighted by molar-refractivity contribution is 0.0602. The summed E-state index contributed by atoms with van der Waals surface area (Å²) in [6, 6.07) is 8.82. The van der Waals surface area contributed by atoms with E-state index in [1.165, 1.54) is 17.8 Å². The largest absolute Gasteiger partial charge is 0.465 e. The second kappa shape index (κ2) is 7.32. The van der Waals surface area contributed by atoms with E-state index in [1.807, 2.05) is 26.0 Å². The van der Waals surface area contributed by atoms with Crippen LogP contribution in [0.2, 0.25) is 0 Å². The minimum Gasteiger partial charge on any atom is -0.465 e. The van der Waals surface area contributed by atoms with Gasteiger partial charge in [-0.3, -0.25) is 5.84 Å². The Morgan fingerprint density at radius 2 is 1.87 bits per heavy atom. The van der Waals surface area contributed by atoms with Crippen molar-refractivity contribution in [2.24, 2.45) is 5.84 Å². The number of benzene rings is 1. The normalized spacial score (nSPS) is 9.91. The van der Waals surface area contributed by atoms with Crippen molar-refractivity contribution in [1.82, 2.24) is 19.8 Å². The van der Waals surface area contributed by atoms with Gasteiger partial charge in [0.1, 0.15) is 5.56 Å². The van der Waals surface area contributed by atoms with Gasteiger partial charge in [-0.05, 0) is 30.3 Å². The number of anilines is 1. The molecule has 120 valence electrons. The summed E-state index contributed by atoms with van der Waals surface area (Å²) in [7, 11) is 1.31. The number of hydrogen-bond acceptors (Lipinski definition) is 7. The average Bonchev–Trinajstić information content (AvgIpc) is 3.07. The second-order valence-electron chi connectivity index (χ2n) is 4.22. The van der Waals surface area contributed by atoms with Crippen LogP contribution in [0.5, 0.6) is 0 Å². The molecule has 2 heterocycles. The Kier molecular flexibility index (Phi) is 5.21. The van der Waals surface area contributed by atoms with E-state index in [2.05, 4.69) is 20.7 Å².